The number of halogens is 1. The molecule has 0 aromatic heterocycles. The van der Waals surface area contributed by atoms with Gasteiger partial charge in [-0.15, -0.1) is 0 Å². The topological polar surface area (TPSA) is 111 Å². The Morgan fingerprint density at radius 3 is 2.46 bits per heavy atom. The van der Waals surface area contributed by atoms with E-state index < -0.39 is 6.04 Å². The van der Waals surface area contributed by atoms with E-state index in [1.165, 1.54) is 24.1 Å². The molecule has 1 saturated heterocycles. The quantitative estimate of drug-likeness (QED) is 0.136. The average Bonchev–Trinajstić information content (AvgIpc) is 2.99. The van der Waals surface area contributed by atoms with Crippen LogP contribution in [0.4, 0.5) is 4.39 Å². The van der Waals surface area contributed by atoms with E-state index in [4.69, 9.17) is 11.1 Å². The predicted octanol–water partition coefficient (Wildman–Crippen LogP) is 5.14. The van der Waals surface area contributed by atoms with Crippen LogP contribution in [0, 0.1) is 17.1 Å². The predicted molar refractivity (Wildman–Crippen MR) is 163 cm³/mol. The van der Waals surface area contributed by atoms with Gasteiger partial charge in [-0.2, -0.15) is 0 Å². The molecule has 7 nitrogen and oxygen atoms in total. The smallest absolute Gasteiger partial charge is 0.240 e. The highest BCUT2D eigenvalue weighted by molar-refractivity contribution is 7.97. The molecule has 5 N–H and O–H groups in total. The summed E-state index contributed by atoms with van der Waals surface area (Å²) in [4.78, 5) is 28.2. The Labute approximate surface area is 245 Å². The molecule has 9 heteroatoms. The summed E-state index contributed by atoms with van der Waals surface area (Å²) >= 11 is 1.38. The Morgan fingerprint density at radius 2 is 1.76 bits per heavy atom. The van der Waals surface area contributed by atoms with Crippen LogP contribution in [-0.4, -0.2) is 48.7 Å². The molecule has 0 radical (unpaired) electrons. The lowest BCUT2D eigenvalue weighted by Gasteiger charge is -2.34. The molecular weight excluding hydrogens is 537 g/mol. The molecule has 2 amide bonds. The van der Waals surface area contributed by atoms with Crippen LogP contribution in [0.1, 0.15) is 43.2 Å². The highest BCUT2D eigenvalue weighted by Crippen LogP contribution is 2.27. The second-order valence-electron chi connectivity index (χ2n) is 10.5. The van der Waals surface area contributed by atoms with E-state index >= 15 is 0 Å². The Bertz CT molecular complexity index is 1360. The molecule has 3 aromatic rings. The number of hydrogen-bond donors (Lipinski definition) is 4. The van der Waals surface area contributed by atoms with Crippen LogP contribution in [0.25, 0.3) is 11.1 Å². The Kier molecular flexibility index (Phi) is 10.9. The fourth-order valence-electron chi connectivity index (χ4n) is 5.17. The van der Waals surface area contributed by atoms with Crippen LogP contribution in [0.3, 0.4) is 0 Å². The van der Waals surface area contributed by atoms with Crippen molar-refractivity contribution in [3.05, 3.63) is 89.7 Å². The van der Waals surface area contributed by atoms with Gasteiger partial charge in [-0.3, -0.25) is 15.0 Å². The number of amidine groups is 1. The van der Waals surface area contributed by atoms with Gasteiger partial charge in [0, 0.05) is 37.0 Å². The minimum Gasteiger partial charge on any atom is -0.384 e. The third-order valence-electron chi connectivity index (χ3n) is 7.51. The SMILES string of the molecule is CNC(=O)CCCC1CCN(C(=O)C(Cc2cccc(C(=N)N)c2)NSc2cccc(-c3cccc(F)c3)c2)CC1. The van der Waals surface area contributed by atoms with E-state index in [0.717, 1.165) is 47.3 Å². The number of nitrogens with zero attached hydrogens (tertiary/aromatic N) is 1. The zero-order chi connectivity index (χ0) is 29.2. The van der Waals surface area contributed by atoms with Crippen molar-refractivity contribution in [3.63, 3.8) is 0 Å². The number of rotatable bonds is 12. The number of carbonyl (C=O) groups is 2. The van der Waals surface area contributed by atoms with Gasteiger partial charge in [0.1, 0.15) is 17.7 Å². The summed E-state index contributed by atoms with van der Waals surface area (Å²) in [6.07, 6.45) is 4.69. The minimum absolute atomic E-state index is 0.00952. The van der Waals surface area contributed by atoms with Crippen LogP contribution in [0.2, 0.25) is 0 Å². The highest BCUT2D eigenvalue weighted by Gasteiger charge is 2.29. The van der Waals surface area contributed by atoms with Crippen molar-refractivity contribution in [1.29, 1.82) is 5.41 Å². The summed E-state index contributed by atoms with van der Waals surface area (Å²) < 4.78 is 17.2. The van der Waals surface area contributed by atoms with Crippen LogP contribution in [0.15, 0.2) is 77.7 Å². The van der Waals surface area contributed by atoms with E-state index in [-0.39, 0.29) is 23.5 Å². The maximum atomic E-state index is 13.8. The molecule has 1 unspecified atom stereocenters. The van der Waals surface area contributed by atoms with Gasteiger partial charge in [-0.1, -0.05) is 42.5 Å². The van der Waals surface area contributed by atoms with Crippen molar-refractivity contribution in [3.8, 4) is 11.1 Å². The van der Waals surface area contributed by atoms with E-state index in [0.29, 0.717) is 37.4 Å². The lowest BCUT2D eigenvalue weighted by atomic mass is 9.91. The van der Waals surface area contributed by atoms with Gasteiger partial charge in [0.25, 0.3) is 0 Å². The first kappa shape index (κ1) is 30.3. The van der Waals surface area contributed by atoms with Gasteiger partial charge in [-0.25, -0.2) is 9.11 Å². The molecule has 1 atom stereocenters. The van der Waals surface area contributed by atoms with E-state index in [1.54, 1.807) is 19.2 Å². The largest absolute Gasteiger partial charge is 0.384 e. The van der Waals surface area contributed by atoms with Crippen molar-refractivity contribution in [2.24, 2.45) is 11.7 Å². The van der Waals surface area contributed by atoms with Gasteiger partial charge in [0.2, 0.25) is 11.8 Å². The van der Waals surface area contributed by atoms with Crippen LogP contribution in [-0.2, 0) is 16.0 Å². The lowest BCUT2D eigenvalue weighted by molar-refractivity contribution is -0.134. The minimum atomic E-state index is -0.496. The fraction of sp³-hybridized carbons (Fsp3) is 0.344. The van der Waals surface area contributed by atoms with Crippen molar-refractivity contribution in [1.82, 2.24) is 14.9 Å². The number of amides is 2. The molecule has 0 aliphatic carbocycles. The van der Waals surface area contributed by atoms with Crippen LogP contribution >= 0.6 is 11.9 Å². The number of likely N-dealkylation sites (tertiary alicyclic amines) is 1. The third-order valence-corrected chi connectivity index (χ3v) is 8.40. The molecule has 41 heavy (non-hydrogen) atoms. The summed E-state index contributed by atoms with van der Waals surface area (Å²) in [5, 5.41) is 10.5. The van der Waals surface area contributed by atoms with E-state index in [2.05, 4.69) is 10.0 Å². The second kappa shape index (κ2) is 14.8. The molecule has 1 heterocycles. The molecule has 1 fully saturated rings. The molecule has 0 bridgehead atoms. The standard InChI is InChI=1S/C32H38FN5O2S/c1-36-30(39)13-3-6-22-14-16-38(17-15-22)32(40)29(19-23-7-2-10-26(18-23)31(34)35)37-41-28-12-5-9-25(21-28)24-8-4-11-27(33)20-24/h2,4-5,7-12,18,20-22,29,37H,3,6,13-17,19H2,1H3,(H3,34,35)(H,36,39). The molecule has 1 aliphatic heterocycles. The van der Waals surface area contributed by atoms with E-state index in [1.807, 2.05) is 53.4 Å². The summed E-state index contributed by atoms with van der Waals surface area (Å²) in [5.41, 5.74) is 8.94. The zero-order valence-electron chi connectivity index (χ0n) is 23.4. The normalized spacial score (nSPS) is 14.4. The Hall–Kier alpha value is -3.69. The molecule has 0 saturated carbocycles. The molecule has 0 spiro atoms. The van der Waals surface area contributed by atoms with Crippen LogP contribution < -0.4 is 15.8 Å². The number of nitrogens with two attached hydrogens (primary N) is 1. The molecular formula is C32H38FN5O2S. The van der Waals surface area contributed by atoms with Crippen molar-refractivity contribution in [2.75, 3.05) is 20.1 Å². The first-order valence-electron chi connectivity index (χ1n) is 14.0. The molecule has 4 rings (SSSR count). The van der Waals surface area contributed by atoms with Gasteiger partial charge >= 0.3 is 0 Å². The summed E-state index contributed by atoms with van der Waals surface area (Å²) in [6, 6.07) is 21.3. The number of nitrogen functional groups attached to an aromatic ring is 1. The summed E-state index contributed by atoms with van der Waals surface area (Å²) in [5.74, 6) is 0.328. The van der Waals surface area contributed by atoms with Crippen LogP contribution in [0.5, 0.6) is 0 Å². The zero-order valence-corrected chi connectivity index (χ0v) is 24.2. The third kappa shape index (κ3) is 8.90. The number of nitrogens with one attached hydrogen (secondary N) is 3. The molecule has 1 aliphatic rings. The van der Waals surface area contributed by atoms with E-state index in [9.17, 15) is 14.0 Å². The highest BCUT2D eigenvalue weighted by atomic mass is 32.2. The van der Waals surface area contributed by atoms with Crippen molar-refractivity contribution >= 4 is 29.6 Å². The lowest BCUT2D eigenvalue weighted by Crippen LogP contribution is -2.48. The van der Waals surface area contributed by atoms with Crippen molar-refractivity contribution in [2.45, 2.75) is 49.5 Å². The van der Waals surface area contributed by atoms with Gasteiger partial charge in [-0.05, 0) is 97.0 Å². The fourth-order valence-corrected chi connectivity index (χ4v) is 5.96. The first-order valence-corrected chi connectivity index (χ1v) is 14.8. The van der Waals surface area contributed by atoms with Crippen molar-refractivity contribution < 1.29 is 14.0 Å². The maximum Gasteiger partial charge on any atom is 0.240 e. The number of piperidine rings is 1. The summed E-state index contributed by atoms with van der Waals surface area (Å²) in [7, 11) is 1.66. The number of benzene rings is 3. The average molecular weight is 576 g/mol. The monoisotopic (exact) mass is 575 g/mol. The molecule has 216 valence electrons. The van der Waals surface area contributed by atoms with Gasteiger partial charge in [0.05, 0.1) is 0 Å². The first-order chi connectivity index (χ1) is 19.8. The maximum absolute atomic E-state index is 13.8. The summed E-state index contributed by atoms with van der Waals surface area (Å²) in [6.45, 7) is 1.38. The molecule has 3 aromatic carbocycles. The number of hydrogen-bond acceptors (Lipinski definition) is 5. The van der Waals surface area contributed by atoms with Gasteiger partial charge < -0.3 is 16.0 Å². The Morgan fingerprint density at radius 1 is 1.05 bits per heavy atom. The van der Waals surface area contributed by atoms with Gasteiger partial charge in [0.15, 0.2) is 0 Å². The number of carbonyl (C=O) groups excluding carboxylic acids is 2. The Balaban J connectivity index is 1.44. The second-order valence-corrected chi connectivity index (χ2v) is 11.4.